The molecule has 0 aliphatic rings. The molecule has 5 nitrogen and oxygen atoms in total. The van der Waals surface area contributed by atoms with Gasteiger partial charge in [0, 0.05) is 18.0 Å². The number of nitrogens with two attached hydrogens (primary N) is 1. The number of aromatic nitrogens is 3. The summed E-state index contributed by atoms with van der Waals surface area (Å²) in [6.45, 7) is 4.05. The van der Waals surface area contributed by atoms with Crippen molar-refractivity contribution in [3.05, 3.63) is 29.9 Å². The van der Waals surface area contributed by atoms with Gasteiger partial charge in [0.1, 0.15) is 0 Å². The highest BCUT2D eigenvalue weighted by molar-refractivity contribution is 5.58. The van der Waals surface area contributed by atoms with E-state index < -0.39 is 0 Å². The van der Waals surface area contributed by atoms with Crippen molar-refractivity contribution < 1.29 is 4.52 Å². The van der Waals surface area contributed by atoms with Crippen LogP contribution in [0.1, 0.15) is 37.8 Å². The van der Waals surface area contributed by atoms with Gasteiger partial charge in [-0.25, -0.2) is 0 Å². The molecular formula is C12H16N4O. The summed E-state index contributed by atoms with van der Waals surface area (Å²) in [7, 11) is 0. The fourth-order valence-corrected chi connectivity index (χ4v) is 1.60. The molecule has 2 aromatic rings. The van der Waals surface area contributed by atoms with E-state index in [2.05, 4.69) is 22.0 Å². The SMILES string of the molecule is CCc1cnccc1-c1noc(C(N)CC)n1. The van der Waals surface area contributed by atoms with Crippen LogP contribution in [-0.2, 0) is 6.42 Å². The zero-order valence-corrected chi connectivity index (χ0v) is 10.1. The minimum absolute atomic E-state index is 0.192. The lowest BCUT2D eigenvalue weighted by Crippen LogP contribution is -2.08. The van der Waals surface area contributed by atoms with Gasteiger partial charge in [-0.15, -0.1) is 0 Å². The van der Waals surface area contributed by atoms with Crippen molar-refractivity contribution in [3.63, 3.8) is 0 Å². The van der Waals surface area contributed by atoms with Crippen LogP contribution in [0.5, 0.6) is 0 Å². The molecule has 0 fully saturated rings. The van der Waals surface area contributed by atoms with Crippen molar-refractivity contribution >= 4 is 0 Å². The lowest BCUT2D eigenvalue weighted by molar-refractivity contribution is 0.352. The van der Waals surface area contributed by atoms with Crippen molar-refractivity contribution in [3.8, 4) is 11.4 Å². The molecule has 0 radical (unpaired) electrons. The van der Waals surface area contributed by atoms with E-state index in [1.807, 2.05) is 19.2 Å². The van der Waals surface area contributed by atoms with Crippen LogP contribution < -0.4 is 5.73 Å². The first-order valence-corrected chi connectivity index (χ1v) is 5.78. The van der Waals surface area contributed by atoms with Gasteiger partial charge in [0.25, 0.3) is 0 Å². The van der Waals surface area contributed by atoms with Crippen LogP contribution in [0.15, 0.2) is 23.0 Å². The fraction of sp³-hybridized carbons (Fsp3) is 0.417. The van der Waals surface area contributed by atoms with Crippen LogP contribution in [0.25, 0.3) is 11.4 Å². The average Bonchev–Trinajstić information content (AvgIpc) is 2.87. The topological polar surface area (TPSA) is 77.8 Å². The van der Waals surface area contributed by atoms with E-state index in [1.165, 1.54) is 0 Å². The molecule has 17 heavy (non-hydrogen) atoms. The molecule has 0 saturated carbocycles. The largest absolute Gasteiger partial charge is 0.337 e. The Hall–Kier alpha value is -1.75. The molecule has 90 valence electrons. The van der Waals surface area contributed by atoms with Gasteiger partial charge in [0.05, 0.1) is 6.04 Å². The maximum Gasteiger partial charge on any atom is 0.243 e. The maximum absolute atomic E-state index is 5.85. The molecule has 5 heteroatoms. The monoisotopic (exact) mass is 232 g/mol. The van der Waals surface area contributed by atoms with Gasteiger partial charge in [0.15, 0.2) is 0 Å². The van der Waals surface area contributed by atoms with Crippen molar-refractivity contribution in [1.29, 1.82) is 0 Å². The molecule has 0 aliphatic carbocycles. The highest BCUT2D eigenvalue weighted by atomic mass is 16.5. The van der Waals surface area contributed by atoms with Crippen LogP contribution in [0, 0.1) is 0 Å². The first kappa shape index (κ1) is 11.7. The minimum atomic E-state index is -0.192. The normalized spacial score (nSPS) is 12.6. The highest BCUT2D eigenvalue weighted by Crippen LogP contribution is 2.22. The van der Waals surface area contributed by atoms with Gasteiger partial charge in [0.2, 0.25) is 11.7 Å². The molecule has 0 spiro atoms. The third-order valence-corrected chi connectivity index (χ3v) is 2.72. The smallest absolute Gasteiger partial charge is 0.243 e. The number of pyridine rings is 1. The predicted octanol–water partition coefficient (Wildman–Crippen LogP) is 2.10. The summed E-state index contributed by atoms with van der Waals surface area (Å²) in [5, 5.41) is 3.97. The Balaban J connectivity index is 2.37. The first-order chi connectivity index (χ1) is 8.26. The third kappa shape index (κ3) is 2.34. The molecule has 2 rings (SSSR count). The van der Waals surface area contributed by atoms with Gasteiger partial charge in [-0.1, -0.05) is 19.0 Å². The van der Waals surface area contributed by atoms with Gasteiger partial charge >= 0.3 is 0 Å². The second-order valence-electron chi connectivity index (χ2n) is 3.86. The number of aryl methyl sites for hydroxylation is 1. The van der Waals surface area contributed by atoms with Gasteiger partial charge in [-0.2, -0.15) is 4.98 Å². The summed E-state index contributed by atoms with van der Waals surface area (Å²) in [6.07, 6.45) is 5.21. The highest BCUT2D eigenvalue weighted by Gasteiger charge is 2.15. The number of hydrogen-bond acceptors (Lipinski definition) is 5. The van der Waals surface area contributed by atoms with Crippen LogP contribution >= 0.6 is 0 Å². The molecule has 2 aromatic heterocycles. The zero-order chi connectivity index (χ0) is 12.3. The van der Waals surface area contributed by atoms with Gasteiger partial charge in [-0.05, 0) is 24.5 Å². The molecule has 0 aliphatic heterocycles. The molecule has 0 aromatic carbocycles. The molecule has 2 heterocycles. The average molecular weight is 232 g/mol. The van der Waals surface area contributed by atoms with E-state index in [-0.39, 0.29) is 6.04 Å². The van der Waals surface area contributed by atoms with Crippen molar-refractivity contribution in [2.24, 2.45) is 5.73 Å². The Bertz CT molecular complexity index is 495. The molecule has 0 saturated heterocycles. The van der Waals surface area contributed by atoms with E-state index >= 15 is 0 Å². The molecule has 0 bridgehead atoms. The van der Waals surface area contributed by atoms with Crippen molar-refractivity contribution in [2.45, 2.75) is 32.7 Å². The van der Waals surface area contributed by atoms with Crippen LogP contribution in [0.4, 0.5) is 0 Å². The van der Waals surface area contributed by atoms with Gasteiger partial charge < -0.3 is 10.3 Å². The molecule has 0 amide bonds. The first-order valence-electron chi connectivity index (χ1n) is 5.78. The summed E-state index contributed by atoms with van der Waals surface area (Å²) in [6, 6.07) is 1.70. The number of hydrogen-bond donors (Lipinski definition) is 1. The lowest BCUT2D eigenvalue weighted by Gasteiger charge is -2.01. The van der Waals surface area contributed by atoms with E-state index in [1.54, 1.807) is 6.20 Å². The van der Waals surface area contributed by atoms with Crippen molar-refractivity contribution in [1.82, 2.24) is 15.1 Å². The Morgan fingerprint density at radius 2 is 2.24 bits per heavy atom. The Kier molecular flexibility index (Phi) is 3.49. The van der Waals surface area contributed by atoms with Crippen LogP contribution in [0.3, 0.4) is 0 Å². The third-order valence-electron chi connectivity index (χ3n) is 2.72. The van der Waals surface area contributed by atoms with Gasteiger partial charge in [-0.3, -0.25) is 4.98 Å². The standard InChI is InChI=1S/C12H16N4O/c1-3-8-7-14-6-5-9(8)11-15-12(17-16-11)10(13)4-2/h5-7,10H,3-4,13H2,1-2H3. The Morgan fingerprint density at radius 1 is 1.41 bits per heavy atom. The fourth-order valence-electron chi connectivity index (χ4n) is 1.60. The van der Waals surface area contributed by atoms with Crippen molar-refractivity contribution in [2.75, 3.05) is 0 Å². The summed E-state index contributed by atoms with van der Waals surface area (Å²) in [4.78, 5) is 8.42. The van der Waals surface area contributed by atoms with E-state index in [0.717, 1.165) is 24.0 Å². The summed E-state index contributed by atoms with van der Waals surface area (Å²) >= 11 is 0. The van der Waals surface area contributed by atoms with E-state index in [0.29, 0.717) is 11.7 Å². The molecule has 2 N–H and O–H groups in total. The van der Waals surface area contributed by atoms with Crippen LogP contribution in [-0.4, -0.2) is 15.1 Å². The molecule has 1 unspecified atom stereocenters. The summed E-state index contributed by atoms with van der Waals surface area (Å²) < 4.78 is 5.16. The van der Waals surface area contributed by atoms with E-state index in [9.17, 15) is 0 Å². The summed E-state index contributed by atoms with van der Waals surface area (Å²) in [5.41, 5.74) is 7.91. The lowest BCUT2D eigenvalue weighted by atomic mass is 10.1. The second kappa shape index (κ2) is 5.05. The van der Waals surface area contributed by atoms with E-state index in [4.69, 9.17) is 10.3 Å². The summed E-state index contributed by atoms with van der Waals surface area (Å²) in [5.74, 6) is 1.07. The number of rotatable bonds is 4. The number of nitrogens with zero attached hydrogens (tertiary/aromatic N) is 3. The zero-order valence-electron chi connectivity index (χ0n) is 10.1. The Labute approximate surface area is 100 Å². The maximum atomic E-state index is 5.85. The Morgan fingerprint density at radius 3 is 2.94 bits per heavy atom. The molecular weight excluding hydrogens is 216 g/mol. The second-order valence-corrected chi connectivity index (χ2v) is 3.86. The predicted molar refractivity (Wildman–Crippen MR) is 64.1 cm³/mol. The quantitative estimate of drug-likeness (QED) is 0.873. The van der Waals surface area contributed by atoms with Crippen LogP contribution in [0.2, 0.25) is 0 Å². The molecule has 1 atom stereocenters. The minimum Gasteiger partial charge on any atom is -0.337 e.